The van der Waals surface area contributed by atoms with Crippen LogP contribution < -0.4 is 5.32 Å². The molecular weight excluding hydrogens is 204 g/mol. The minimum atomic E-state index is 0.539. The SMILES string of the molecule is CC(C)CC(C)NCc1ccc(C#N)s1. The van der Waals surface area contributed by atoms with E-state index < -0.39 is 0 Å². The lowest BCUT2D eigenvalue weighted by Gasteiger charge is -2.14. The monoisotopic (exact) mass is 222 g/mol. The molecule has 2 nitrogen and oxygen atoms in total. The zero-order chi connectivity index (χ0) is 11.3. The molecule has 3 heteroatoms. The van der Waals surface area contributed by atoms with Crippen LogP contribution in [0, 0.1) is 17.2 Å². The third-order valence-corrected chi connectivity index (χ3v) is 3.21. The van der Waals surface area contributed by atoms with E-state index in [4.69, 9.17) is 5.26 Å². The van der Waals surface area contributed by atoms with Gasteiger partial charge in [-0.05, 0) is 31.4 Å². The summed E-state index contributed by atoms with van der Waals surface area (Å²) in [5.41, 5.74) is 0. The molecule has 15 heavy (non-hydrogen) atoms. The zero-order valence-electron chi connectivity index (χ0n) is 9.58. The largest absolute Gasteiger partial charge is 0.309 e. The first-order chi connectivity index (χ1) is 7.11. The van der Waals surface area contributed by atoms with Gasteiger partial charge in [-0.2, -0.15) is 5.26 Å². The molecule has 0 aliphatic carbocycles. The number of thiophene rings is 1. The van der Waals surface area contributed by atoms with Crippen molar-refractivity contribution in [2.24, 2.45) is 5.92 Å². The third-order valence-electron chi connectivity index (χ3n) is 2.22. The van der Waals surface area contributed by atoms with Crippen molar-refractivity contribution in [3.63, 3.8) is 0 Å². The van der Waals surface area contributed by atoms with Gasteiger partial charge in [0, 0.05) is 17.5 Å². The number of nitriles is 1. The number of hydrogen-bond acceptors (Lipinski definition) is 3. The average Bonchev–Trinajstić information content (AvgIpc) is 2.61. The van der Waals surface area contributed by atoms with Crippen LogP contribution >= 0.6 is 11.3 Å². The molecule has 0 aliphatic rings. The van der Waals surface area contributed by atoms with Crippen LogP contribution in [-0.4, -0.2) is 6.04 Å². The Labute approximate surface area is 95.9 Å². The van der Waals surface area contributed by atoms with E-state index in [2.05, 4.69) is 32.2 Å². The molecule has 0 saturated carbocycles. The highest BCUT2D eigenvalue weighted by Gasteiger charge is 2.05. The predicted octanol–water partition coefficient (Wildman–Crippen LogP) is 3.14. The fraction of sp³-hybridized carbons (Fsp3) is 0.583. The summed E-state index contributed by atoms with van der Waals surface area (Å²) in [6.45, 7) is 7.55. The Kier molecular flexibility index (Phi) is 4.80. The Morgan fingerprint density at radius 2 is 2.13 bits per heavy atom. The Morgan fingerprint density at radius 1 is 1.40 bits per heavy atom. The molecule has 0 aromatic carbocycles. The molecule has 1 unspecified atom stereocenters. The van der Waals surface area contributed by atoms with Crippen LogP contribution in [0.25, 0.3) is 0 Å². The van der Waals surface area contributed by atoms with Gasteiger partial charge in [-0.15, -0.1) is 11.3 Å². The van der Waals surface area contributed by atoms with Crippen LogP contribution in [0.1, 0.15) is 36.9 Å². The third kappa shape index (κ3) is 4.46. The van der Waals surface area contributed by atoms with E-state index >= 15 is 0 Å². The van der Waals surface area contributed by atoms with Crippen LogP contribution in [-0.2, 0) is 6.54 Å². The molecule has 0 fully saturated rings. The summed E-state index contributed by atoms with van der Waals surface area (Å²) in [5.74, 6) is 0.727. The predicted molar refractivity (Wildman–Crippen MR) is 64.8 cm³/mol. The van der Waals surface area contributed by atoms with E-state index in [1.807, 2.05) is 12.1 Å². The first kappa shape index (κ1) is 12.2. The molecule has 0 saturated heterocycles. The summed E-state index contributed by atoms with van der Waals surface area (Å²) in [4.78, 5) is 2.03. The van der Waals surface area contributed by atoms with Crippen molar-refractivity contribution in [2.45, 2.75) is 39.8 Å². The van der Waals surface area contributed by atoms with Crippen molar-refractivity contribution in [1.82, 2.24) is 5.32 Å². The number of nitrogens with zero attached hydrogens (tertiary/aromatic N) is 1. The molecule has 0 radical (unpaired) electrons. The maximum Gasteiger partial charge on any atom is 0.110 e. The molecule has 0 amide bonds. The van der Waals surface area contributed by atoms with Gasteiger partial charge in [-0.25, -0.2) is 0 Å². The van der Waals surface area contributed by atoms with Crippen molar-refractivity contribution >= 4 is 11.3 Å². The number of hydrogen-bond donors (Lipinski definition) is 1. The molecule has 1 aromatic heterocycles. The topological polar surface area (TPSA) is 35.8 Å². The summed E-state index contributed by atoms with van der Waals surface area (Å²) in [6.07, 6.45) is 1.19. The van der Waals surface area contributed by atoms with E-state index in [1.165, 1.54) is 11.3 Å². The summed E-state index contributed by atoms with van der Waals surface area (Å²) in [7, 11) is 0. The smallest absolute Gasteiger partial charge is 0.110 e. The van der Waals surface area contributed by atoms with E-state index in [1.54, 1.807) is 11.3 Å². The van der Waals surface area contributed by atoms with Gasteiger partial charge in [0.1, 0.15) is 10.9 Å². The standard InChI is InChI=1S/C12H18N2S/c1-9(2)6-10(3)14-8-12-5-4-11(7-13)15-12/h4-5,9-10,14H,6,8H2,1-3H3. The van der Waals surface area contributed by atoms with Gasteiger partial charge in [0.15, 0.2) is 0 Å². The van der Waals surface area contributed by atoms with E-state index in [0.29, 0.717) is 6.04 Å². The fourth-order valence-corrected chi connectivity index (χ4v) is 2.35. The quantitative estimate of drug-likeness (QED) is 0.830. The van der Waals surface area contributed by atoms with Gasteiger partial charge in [0.2, 0.25) is 0 Å². The maximum atomic E-state index is 8.69. The minimum Gasteiger partial charge on any atom is -0.309 e. The van der Waals surface area contributed by atoms with Gasteiger partial charge in [-0.1, -0.05) is 13.8 Å². The van der Waals surface area contributed by atoms with Crippen molar-refractivity contribution in [3.05, 3.63) is 21.9 Å². The van der Waals surface area contributed by atoms with Crippen LogP contribution in [0.4, 0.5) is 0 Å². The van der Waals surface area contributed by atoms with E-state index in [9.17, 15) is 0 Å². The molecule has 1 atom stereocenters. The molecule has 0 aliphatic heterocycles. The second kappa shape index (κ2) is 5.89. The van der Waals surface area contributed by atoms with Crippen LogP contribution in [0.5, 0.6) is 0 Å². The Morgan fingerprint density at radius 3 is 2.67 bits per heavy atom. The number of rotatable bonds is 5. The zero-order valence-corrected chi connectivity index (χ0v) is 10.4. The summed E-state index contributed by atoms with van der Waals surface area (Å²) < 4.78 is 0. The molecular formula is C12H18N2S. The van der Waals surface area contributed by atoms with Gasteiger partial charge >= 0.3 is 0 Å². The van der Waals surface area contributed by atoms with E-state index in [-0.39, 0.29) is 0 Å². The molecule has 1 N–H and O–H groups in total. The van der Waals surface area contributed by atoms with Gasteiger partial charge in [-0.3, -0.25) is 0 Å². The first-order valence-electron chi connectivity index (χ1n) is 5.34. The van der Waals surface area contributed by atoms with Crippen molar-refractivity contribution in [3.8, 4) is 6.07 Å². The Balaban J connectivity index is 2.34. The Hall–Kier alpha value is -0.850. The summed E-state index contributed by atoms with van der Waals surface area (Å²) >= 11 is 1.57. The van der Waals surface area contributed by atoms with Crippen LogP contribution in [0.2, 0.25) is 0 Å². The lowest BCUT2D eigenvalue weighted by atomic mass is 10.1. The lowest BCUT2D eigenvalue weighted by molar-refractivity contribution is 0.443. The van der Waals surface area contributed by atoms with Gasteiger partial charge in [0.25, 0.3) is 0 Å². The van der Waals surface area contributed by atoms with Crippen molar-refractivity contribution < 1.29 is 0 Å². The summed E-state index contributed by atoms with van der Waals surface area (Å²) in [6, 6.07) is 6.61. The summed E-state index contributed by atoms with van der Waals surface area (Å²) in [5, 5.41) is 12.2. The second-order valence-corrected chi connectivity index (χ2v) is 5.46. The van der Waals surface area contributed by atoms with E-state index in [0.717, 1.165) is 17.3 Å². The molecule has 1 aromatic rings. The average molecular weight is 222 g/mol. The second-order valence-electron chi connectivity index (χ2n) is 4.29. The molecule has 1 rings (SSSR count). The van der Waals surface area contributed by atoms with Crippen molar-refractivity contribution in [2.75, 3.05) is 0 Å². The fourth-order valence-electron chi connectivity index (χ4n) is 1.60. The number of nitrogens with one attached hydrogen (secondary N) is 1. The van der Waals surface area contributed by atoms with Crippen LogP contribution in [0.3, 0.4) is 0 Å². The molecule has 0 spiro atoms. The molecule has 0 bridgehead atoms. The normalized spacial score (nSPS) is 12.7. The highest BCUT2D eigenvalue weighted by Crippen LogP contribution is 2.15. The molecule has 1 heterocycles. The Bertz CT molecular complexity index is 336. The maximum absolute atomic E-state index is 8.69. The van der Waals surface area contributed by atoms with Crippen molar-refractivity contribution in [1.29, 1.82) is 5.26 Å². The highest BCUT2D eigenvalue weighted by molar-refractivity contribution is 7.12. The van der Waals surface area contributed by atoms with Crippen LogP contribution in [0.15, 0.2) is 12.1 Å². The van der Waals surface area contributed by atoms with Gasteiger partial charge in [0.05, 0.1) is 0 Å². The lowest BCUT2D eigenvalue weighted by Crippen LogP contribution is -2.26. The molecule has 82 valence electrons. The van der Waals surface area contributed by atoms with Gasteiger partial charge < -0.3 is 5.32 Å². The minimum absolute atomic E-state index is 0.539. The first-order valence-corrected chi connectivity index (χ1v) is 6.15. The highest BCUT2D eigenvalue weighted by atomic mass is 32.1.